The Labute approximate surface area is 146 Å². The molecule has 0 aliphatic heterocycles. The van der Waals surface area contributed by atoms with Crippen LogP contribution >= 0.6 is 0 Å². The van der Waals surface area contributed by atoms with Crippen molar-refractivity contribution in [2.45, 2.75) is 0 Å². The van der Waals surface area contributed by atoms with E-state index in [4.69, 9.17) is 0 Å². The van der Waals surface area contributed by atoms with Crippen LogP contribution in [0, 0.1) is 10.1 Å². The number of fused-ring (bicyclic) bond motifs is 3. The number of rotatable bonds is 2. The molecular weight excluding hydrogens is 332 g/mol. The summed E-state index contributed by atoms with van der Waals surface area (Å²) in [6, 6.07) is 19.4. The second-order valence-corrected chi connectivity index (χ2v) is 5.81. The fourth-order valence-corrected chi connectivity index (χ4v) is 3.12. The van der Waals surface area contributed by atoms with E-state index in [0.717, 1.165) is 4.57 Å². The highest BCUT2D eigenvalue weighted by atomic mass is 16.6. The maximum atomic E-state index is 13.1. The summed E-state index contributed by atoms with van der Waals surface area (Å²) in [6.45, 7) is 0. The monoisotopic (exact) mass is 344 g/mol. The van der Waals surface area contributed by atoms with Gasteiger partial charge in [-0.15, -0.1) is 0 Å². The molecule has 1 heterocycles. The fraction of sp³-hybridized carbons (Fsp3) is 0. The van der Waals surface area contributed by atoms with Gasteiger partial charge in [-0.05, 0) is 29.0 Å². The highest BCUT2D eigenvalue weighted by Gasteiger charge is 2.14. The summed E-state index contributed by atoms with van der Waals surface area (Å²) in [5.74, 6) is 0. The number of nitro benzene ring substituents is 1. The second kappa shape index (κ2) is 5.93. The zero-order valence-corrected chi connectivity index (χ0v) is 13.5. The molecule has 0 saturated carbocycles. The van der Waals surface area contributed by atoms with Gasteiger partial charge in [-0.25, -0.2) is 4.57 Å². The van der Waals surface area contributed by atoms with Crippen LogP contribution in [0.3, 0.4) is 0 Å². The predicted molar refractivity (Wildman–Crippen MR) is 100.0 cm³/mol. The van der Waals surface area contributed by atoms with Crippen molar-refractivity contribution in [2.24, 2.45) is 0 Å². The molecule has 4 aromatic rings. The van der Waals surface area contributed by atoms with Crippen LogP contribution in [0.25, 0.3) is 27.2 Å². The van der Waals surface area contributed by atoms with E-state index < -0.39 is 16.0 Å². The van der Waals surface area contributed by atoms with Gasteiger partial charge in [-0.1, -0.05) is 42.5 Å². The van der Waals surface area contributed by atoms with Crippen molar-refractivity contribution in [3.63, 3.8) is 0 Å². The molecule has 0 atom stereocenters. The Balaban J connectivity index is 2.27. The van der Waals surface area contributed by atoms with Gasteiger partial charge in [0.2, 0.25) is 0 Å². The molecule has 3 aromatic carbocycles. The van der Waals surface area contributed by atoms with Gasteiger partial charge in [0.1, 0.15) is 0 Å². The van der Waals surface area contributed by atoms with Gasteiger partial charge in [-0.3, -0.25) is 19.7 Å². The Hall–Kier alpha value is -3.80. The maximum absolute atomic E-state index is 13.1. The smallest absolute Gasteiger partial charge is 0.268 e. The predicted octanol–water partition coefficient (Wildman–Crippen LogP) is 3.41. The van der Waals surface area contributed by atoms with E-state index >= 15 is 0 Å². The van der Waals surface area contributed by atoms with Crippen LogP contribution in [0.15, 0.2) is 82.4 Å². The molecule has 0 aliphatic rings. The minimum atomic E-state index is -0.557. The van der Waals surface area contributed by atoms with Gasteiger partial charge in [0.05, 0.1) is 10.6 Å². The first-order valence-electron chi connectivity index (χ1n) is 7.89. The van der Waals surface area contributed by atoms with E-state index in [2.05, 4.69) is 0 Å². The first-order chi connectivity index (χ1) is 12.6. The molecule has 0 amide bonds. The Morgan fingerprint density at radius 1 is 0.692 bits per heavy atom. The number of non-ortho nitro benzene ring substituents is 1. The lowest BCUT2D eigenvalue weighted by Crippen LogP contribution is -2.28. The summed E-state index contributed by atoms with van der Waals surface area (Å²) in [4.78, 5) is 36.8. The first-order valence-corrected chi connectivity index (χ1v) is 7.89. The largest absolute Gasteiger partial charge is 0.271 e. The van der Waals surface area contributed by atoms with Crippen LogP contribution in [0.4, 0.5) is 5.69 Å². The summed E-state index contributed by atoms with van der Waals surface area (Å²) < 4.78 is 0.998. The van der Waals surface area contributed by atoms with Crippen LogP contribution < -0.4 is 11.1 Å². The maximum Gasteiger partial charge on any atom is 0.271 e. The number of hydrogen-bond acceptors (Lipinski definition) is 4. The average molecular weight is 344 g/mol. The molecule has 0 bridgehead atoms. The lowest BCUT2D eigenvalue weighted by atomic mass is 10.1. The molecule has 26 heavy (non-hydrogen) atoms. The zero-order chi connectivity index (χ0) is 18.3. The van der Waals surface area contributed by atoms with Crippen LogP contribution in [0.5, 0.6) is 0 Å². The van der Waals surface area contributed by atoms with Gasteiger partial charge in [0.15, 0.2) is 0 Å². The zero-order valence-electron chi connectivity index (χ0n) is 13.5. The third-order valence-corrected chi connectivity index (χ3v) is 4.31. The Bertz CT molecular complexity index is 1240. The van der Waals surface area contributed by atoms with Gasteiger partial charge >= 0.3 is 0 Å². The SMILES string of the molecule is O=c1c2ccccc2c2ccccc2c(=O)n1-c1cccc([N+](=O)[O-])c1. The molecule has 0 N–H and O–H groups in total. The average Bonchev–Trinajstić information content (AvgIpc) is 2.76. The quantitative estimate of drug-likeness (QED) is 0.412. The standard InChI is InChI=1S/C20H12N2O4/c23-19-17-10-3-1-8-15(17)16-9-2-4-11-18(16)20(24)21(19)13-6-5-7-14(12-13)22(25)26/h1-12H. The van der Waals surface area contributed by atoms with Crippen LogP contribution in [0.2, 0.25) is 0 Å². The number of aromatic nitrogens is 1. The van der Waals surface area contributed by atoms with Crippen LogP contribution in [-0.4, -0.2) is 9.49 Å². The third-order valence-electron chi connectivity index (χ3n) is 4.31. The number of hydrogen-bond donors (Lipinski definition) is 0. The number of benzene rings is 3. The van der Waals surface area contributed by atoms with E-state index in [1.54, 1.807) is 48.5 Å². The molecule has 0 spiro atoms. The fourth-order valence-electron chi connectivity index (χ4n) is 3.12. The summed E-state index contributed by atoms with van der Waals surface area (Å²) in [5.41, 5.74) is -1.04. The van der Waals surface area contributed by atoms with E-state index in [-0.39, 0.29) is 11.4 Å². The molecule has 126 valence electrons. The molecule has 1 aromatic heterocycles. The molecule has 0 saturated heterocycles. The summed E-state index contributed by atoms with van der Waals surface area (Å²) in [5, 5.41) is 13.1. The van der Waals surface area contributed by atoms with Crippen molar-refractivity contribution < 1.29 is 4.92 Å². The number of nitro groups is 1. The molecule has 6 heteroatoms. The van der Waals surface area contributed by atoms with Gasteiger partial charge in [-0.2, -0.15) is 0 Å². The van der Waals surface area contributed by atoms with E-state index in [1.807, 2.05) is 0 Å². The van der Waals surface area contributed by atoms with Gasteiger partial charge < -0.3 is 0 Å². The second-order valence-electron chi connectivity index (χ2n) is 5.81. The van der Waals surface area contributed by atoms with E-state index in [9.17, 15) is 19.7 Å². The normalized spacial score (nSPS) is 10.9. The minimum absolute atomic E-state index is 0.167. The summed E-state index contributed by atoms with van der Waals surface area (Å²) >= 11 is 0. The minimum Gasteiger partial charge on any atom is -0.268 e. The lowest BCUT2D eigenvalue weighted by molar-refractivity contribution is -0.384. The van der Waals surface area contributed by atoms with Crippen molar-refractivity contribution in [1.82, 2.24) is 4.57 Å². The first kappa shape index (κ1) is 15.7. The van der Waals surface area contributed by atoms with Crippen molar-refractivity contribution >= 4 is 27.2 Å². The van der Waals surface area contributed by atoms with Crippen molar-refractivity contribution in [3.8, 4) is 5.69 Å². The summed E-state index contributed by atoms with van der Waals surface area (Å²) in [6.07, 6.45) is 0. The highest BCUT2D eigenvalue weighted by Crippen LogP contribution is 2.21. The van der Waals surface area contributed by atoms with Gasteiger partial charge in [0, 0.05) is 22.9 Å². The molecule has 6 nitrogen and oxygen atoms in total. The van der Waals surface area contributed by atoms with E-state index in [0.29, 0.717) is 21.5 Å². The molecule has 0 aliphatic carbocycles. The van der Waals surface area contributed by atoms with Gasteiger partial charge in [0.25, 0.3) is 16.8 Å². The van der Waals surface area contributed by atoms with Crippen molar-refractivity contribution in [2.75, 3.05) is 0 Å². The van der Waals surface area contributed by atoms with Crippen LogP contribution in [-0.2, 0) is 0 Å². The van der Waals surface area contributed by atoms with Crippen molar-refractivity contribution in [1.29, 1.82) is 0 Å². The van der Waals surface area contributed by atoms with Crippen LogP contribution in [0.1, 0.15) is 0 Å². The molecule has 0 unspecified atom stereocenters. The van der Waals surface area contributed by atoms with E-state index in [1.165, 1.54) is 24.3 Å². The Kier molecular flexibility index (Phi) is 3.58. The molecular formula is C20H12N2O4. The molecule has 0 fully saturated rings. The summed E-state index contributed by atoms with van der Waals surface area (Å²) in [7, 11) is 0. The third kappa shape index (κ3) is 2.36. The topological polar surface area (TPSA) is 82.2 Å². The number of nitrogens with zero attached hydrogens (tertiary/aromatic N) is 2. The molecule has 4 rings (SSSR count). The van der Waals surface area contributed by atoms with Crippen molar-refractivity contribution in [3.05, 3.63) is 104 Å². The lowest BCUT2D eigenvalue weighted by Gasteiger charge is -2.02. The highest BCUT2D eigenvalue weighted by molar-refractivity contribution is 6.05. The Morgan fingerprint density at radius 2 is 1.19 bits per heavy atom. The Morgan fingerprint density at radius 3 is 1.69 bits per heavy atom. The molecule has 0 radical (unpaired) electrons.